The molecule has 0 aromatic heterocycles. The molecule has 6 heavy (non-hydrogen) atoms. The van der Waals surface area contributed by atoms with Crippen molar-refractivity contribution in [3.8, 4) is 0 Å². The zero-order valence-electron chi connectivity index (χ0n) is 3.13. The number of hydrogen-bond acceptors (Lipinski definition) is 0. The van der Waals surface area contributed by atoms with Crippen molar-refractivity contribution in [1.29, 1.82) is 0 Å². The fourth-order valence-corrected chi connectivity index (χ4v) is 0. The largest absolute Gasteiger partial charge is 0.478 e. The van der Waals surface area contributed by atoms with Crippen LogP contribution in [0.2, 0.25) is 6.32 Å². The molecule has 0 fully saturated rings. The van der Waals surface area contributed by atoms with Gasteiger partial charge in [0.25, 0.3) is 0 Å². The molecule has 0 saturated heterocycles. The average Bonchev–Trinajstić information content (AvgIpc) is 1.35. The zero-order chi connectivity index (χ0) is 5.21. The monoisotopic (exact) mass is 96.0 g/mol. The topological polar surface area (TPSA) is 0 Å². The first-order chi connectivity index (χ1) is 2.56. The van der Waals surface area contributed by atoms with Crippen molar-refractivity contribution in [2.75, 3.05) is 0 Å². The van der Waals surface area contributed by atoms with Gasteiger partial charge in [-0.2, -0.15) is 0 Å². The lowest BCUT2D eigenvalue weighted by atomic mass is 9.88. The lowest BCUT2D eigenvalue weighted by Crippen LogP contribution is -2.10. The molecule has 0 atom stereocenters. The van der Waals surface area contributed by atoms with E-state index in [0.29, 0.717) is 0 Å². The number of halogens is 3. The maximum Gasteiger partial charge on any atom is 0.478 e. The molecule has 0 aliphatic carbocycles. The van der Waals surface area contributed by atoms with Crippen LogP contribution in [0.4, 0.5) is 12.9 Å². The van der Waals surface area contributed by atoms with Gasteiger partial charge in [0.2, 0.25) is 0 Å². The van der Waals surface area contributed by atoms with Crippen molar-refractivity contribution < 1.29 is 12.9 Å². The van der Waals surface area contributed by atoms with Crippen molar-refractivity contribution in [2.45, 2.75) is 6.32 Å². The summed E-state index contributed by atoms with van der Waals surface area (Å²) < 4.78 is 32.4. The van der Waals surface area contributed by atoms with Crippen molar-refractivity contribution in [3.05, 3.63) is 6.92 Å². The van der Waals surface area contributed by atoms with E-state index in [2.05, 4.69) is 6.92 Å². The van der Waals surface area contributed by atoms with Crippen molar-refractivity contribution >= 4 is 6.98 Å². The molecular weight excluding hydrogens is 91.8 g/mol. The van der Waals surface area contributed by atoms with Crippen LogP contribution in [0.25, 0.3) is 0 Å². The first kappa shape index (κ1) is 5.85. The molecule has 0 saturated carbocycles. The second-order valence-electron chi connectivity index (χ2n) is 0.999. The summed E-state index contributed by atoms with van der Waals surface area (Å²) >= 11 is 0. The minimum atomic E-state index is -4.60. The van der Waals surface area contributed by atoms with E-state index in [0.717, 1.165) is 0 Å². The first-order valence-electron chi connectivity index (χ1n) is 1.56. The van der Waals surface area contributed by atoms with Gasteiger partial charge in [-0.15, -0.1) is 0 Å². The highest BCUT2D eigenvalue weighted by atomic mass is 19.4. The van der Waals surface area contributed by atoms with Gasteiger partial charge in [0.15, 0.2) is 0 Å². The minimum absolute atomic E-state index is 0.917. The van der Waals surface area contributed by atoms with E-state index in [4.69, 9.17) is 0 Å². The molecule has 0 aromatic carbocycles. The van der Waals surface area contributed by atoms with Crippen molar-refractivity contribution in [1.82, 2.24) is 0 Å². The van der Waals surface area contributed by atoms with Gasteiger partial charge in [-0.1, -0.05) is 13.2 Å². The van der Waals surface area contributed by atoms with Gasteiger partial charge >= 0.3 is 6.98 Å². The summed E-state index contributed by atoms with van der Waals surface area (Å²) in [6, 6.07) is 0. The third kappa shape index (κ3) is 3.85. The molecular formula is C2H4BF3-. The Kier molecular flexibility index (Phi) is 1.50. The Balaban J connectivity index is 3.17. The van der Waals surface area contributed by atoms with Crippen LogP contribution in [-0.2, 0) is 0 Å². The summed E-state index contributed by atoms with van der Waals surface area (Å²) in [5, 5.41) is 0. The van der Waals surface area contributed by atoms with Crippen LogP contribution >= 0.6 is 0 Å². The Labute approximate surface area is 34.4 Å². The smallest absolute Gasteiger partial charge is 0.449 e. The lowest BCUT2D eigenvalue weighted by molar-refractivity contribution is 0.477. The fraction of sp³-hybridized carbons (Fsp3) is 0.500. The molecule has 0 aromatic rings. The molecule has 0 unspecified atom stereocenters. The predicted octanol–water partition coefficient (Wildman–Crippen LogP) is 1.67. The van der Waals surface area contributed by atoms with E-state index in [9.17, 15) is 12.9 Å². The van der Waals surface area contributed by atoms with E-state index >= 15 is 0 Å². The van der Waals surface area contributed by atoms with Crippen LogP contribution in [0.3, 0.4) is 0 Å². The molecule has 0 heterocycles. The number of hydrogen-bond donors (Lipinski definition) is 0. The van der Waals surface area contributed by atoms with Gasteiger partial charge in [-0.3, -0.25) is 0 Å². The highest BCUT2D eigenvalue weighted by molar-refractivity contribution is 6.58. The molecule has 0 aliphatic heterocycles. The standard InChI is InChI=1S/C2H4BF3/c1-2-3(4,5)6/h1-2H2/q-1. The number of rotatable bonds is 1. The molecule has 4 heteroatoms. The molecule has 37 valence electrons. The zero-order valence-corrected chi connectivity index (χ0v) is 3.13. The van der Waals surface area contributed by atoms with Gasteiger partial charge < -0.3 is 12.9 Å². The van der Waals surface area contributed by atoms with Crippen LogP contribution < -0.4 is 0 Å². The average molecular weight is 95.9 g/mol. The Morgan fingerprint density at radius 1 is 1.33 bits per heavy atom. The normalized spacial score (nSPS) is 12.0. The highest BCUT2D eigenvalue weighted by Crippen LogP contribution is 2.11. The van der Waals surface area contributed by atoms with Gasteiger partial charge in [-0.05, 0) is 0 Å². The Morgan fingerprint density at radius 3 is 1.50 bits per heavy atom. The molecule has 0 amide bonds. The van der Waals surface area contributed by atoms with Crippen molar-refractivity contribution in [2.24, 2.45) is 0 Å². The summed E-state index contributed by atoms with van der Waals surface area (Å²) in [5.74, 6) is 0. The lowest BCUT2D eigenvalue weighted by Gasteiger charge is -2.06. The molecule has 0 aliphatic rings. The van der Waals surface area contributed by atoms with Gasteiger partial charge in [-0.25, -0.2) is 0 Å². The van der Waals surface area contributed by atoms with Crippen LogP contribution in [0.15, 0.2) is 0 Å². The second kappa shape index (κ2) is 1.54. The summed E-state index contributed by atoms with van der Waals surface area (Å²) in [4.78, 5) is 0. The quantitative estimate of drug-likeness (QED) is 0.435. The van der Waals surface area contributed by atoms with Gasteiger partial charge in [0.05, 0.1) is 0 Å². The Hall–Kier alpha value is -0.145. The molecule has 0 spiro atoms. The summed E-state index contributed by atoms with van der Waals surface area (Å²) in [6.45, 7) is -1.94. The van der Waals surface area contributed by atoms with Gasteiger partial charge in [0, 0.05) is 0 Å². The summed E-state index contributed by atoms with van der Waals surface area (Å²) in [5.41, 5.74) is 0. The third-order valence-electron chi connectivity index (χ3n) is 0.327. The van der Waals surface area contributed by atoms with Crippen LogP contribution in [0.1, 0.15) is 0 Å². The van der Waals surface area contributed by atoms with Crippen LogP contribution in [0.5, 0.6) is 0 Å². The second-order valence-corrected chi connectivity index (χ2v) is 0.999. The minimum Gasteiger partial charge on any atom is -0.449 e. The molecule has 0 rings (SSSR count). The molecule has 0 N–H and O–H groups in total. The Morgan fingerprint density at radius 2 is 1.50 bits per heavy atom. The maximum atomic E-state index is 10.8. The summed E-state index contributed by atoms with van der Waals surface area (Å²) in [7, 11) is 0. The van der Waals surface area contributed by atoms with E-state index in [1.165, 1.54) is 0 Å². The SMILES string of the molecule is [CH2]C[B-](F)(F)F. The van der Waals surface area contributed by atoms with E-state index in [1.807, 2.05) is 0 Å². The Bertz CT molecular complexity index is 38.5. The highest BCUT2D eigenvalue weighted by Gasteiger charge is 2.17. The molecule has 1 radical (unpaired) electrons. The summed E-state index contributed by atoms with van der Waals surface area (Å²) in [6.07, 6.45) is -0.917. The molecule has 0 bridgehead atoms. The van der Waals surface area contributed by atoms with E-state index in [-0.39, 0.29) is 0 Å². The van der Waals surface area contributed by atoms with Gasteiger partial charge in [0.1, 0.15) is 0 Å². The molecule has 0 nitrogen and oxygen atoms in total. The fourth-order valence-electron chi connectivity index (χ4n) is 0. The predicted molar refractivity (Wildman–Crippen MR) is 19.2 cm³/mol. The van der Waals surface area contributed by atoms with E-state index < -0.39 is 13.3 Å². The van der Waals surface area contributed by atoms with E-state index in [1.54, 1.807) is 0 Å². The first-order valence-corrected chi connectivity index (χ1v) is 1.56. The van der Waals surface area contributed by atoms with Crippen LogP contribution in [0, 0.1) is 6.92 Å². The third-order valence-corrected chi connectivity index (χ3v) is 0.327. The van der Waals surface area contributed by atoms with Crippen LogP contribution in [-0.4, -0.2) is 6.98 Å². The van der Waals surface area contributed by atoms with Crippen molar-refractivity contribution in [3.63, 3.8) is 0 Å². The maximum absolute atomic E-state index is 10.8.